The lowest BCUT2D eigenvalue weighted by Gasteiger charge is -2.51. The van der Waals surface area contributed by atoms with Crippen molar-refractivity contribution in [3.05, 3.63) is 57.7 Å². The normalized spacial score (nSPS) is 29.4. The minimum atomic E-state index is -0.945. The fraction of sp³-hybridized carbons (Fsp3) is 0.667. The van der Waals surface area contributed by atoms with Crippen LogP contribution in [-0.4, -0.2) is 151 Å². The third-order valence-electron chi connectivity index (χ3n) is 17.5. The third-order valence-corrected chi connectivity index (χ3v) is 18.4. The van der Waals surface area contributed by atoms with Gasteiger partial charge in [-0.3, -0.25) is 34.2 Å². The van der Waals surface area contributed by atoms with Crippen molar-refractivity contribution < 1.29 is 38.1 Å². The number of benzene rings is 1. The SMILES string of the molecule is CO[C@@H](C)c1ncc([C@H]2CCN(C3COC3)C2)cc1-c1c2c3cc(ccc3n1CCOC1CCOCC1)-c1csc(n1)C(N1CC(C)(C)C1)[C@H](NC(=O)C1[C@@H](C)[C@H]1C)C(=O)N1CCC[C@H](N1)C(=O)OCC(C)(C)C2. The number of hydrazine groups is 1. The largest absolute Gasteiger partial charge is 0.464 e. The zero-order valence-corrected chi connectivity index (χ0v) is 45.6. The number of carbonyl (C=O) groups is 3. The summed E-state index contributed by atoms with van der Waals surface area (Å²) in [5, 5.41) is 8.81. The van der Waals surface area contributed by atoms with Crippen molar-refractivity contribution in [2.75, 3.05) is 79.5 Å². The van der Waals surface area contributed by atoms with Crippen molar-refractivity contribution >= 4 is 40.0 Å². The van der Waals surface area contributed by atoms with E-state index in [1.54, 1.807) is 12.1 Å². The summed E-state index contributed by atoms with van der Waals surface area (Å²) in [7, 11) is 1.75. The average Bonchev–Trinajstić information content (AvgIpc) is 3.82. The molecule has 400 valence electrons. The second-order valence-electron chi connectivity index (χ2n) is 24.2. The highest BCUT2D eigenvalue weighted by Crippen LogP contribution is 2.48. The molecule has 2 unspecified atom stereocenters. The van der Waals surface area contributed by atoms with Crippen molar-refractivity contribution in [3.63, 3.8) is 0 Å². The molecule has 74 heavy (non-hydrogen) atoms. The number of esters is 1. The predicted octanol–water partition coefficient (Wildman–Crippen LogP) is 7.31. The van der Waals surface area contributed by atoms with Gasteiger partial charge >= 0.3 is 5.97 Å². The molecular weight excluding hydrogens is 957 g/mol. The lowest BCUT2D eigenvalue weighted by molar-refractivity contribution is -0.156. The maximum Gasteiger partial charge on any atom is 0.324 e. The van der Waals surface area contributed by atoms with E-state index < -0.39 is 29.5 Å². The standard InChI is InChI=1S/C57H78N8O8S/c1-33-34(2)47(33)52(66)60-49-51(63-30-57(6,7)31-63)53-59-45(29-74-53)36-11-12-46-41(22-36)43(24-56(4,5)32-73-55(68)44-10-9-16-65(61-44)54(49)67)50(64(46)18-21-72-40-14-19-70-20-15-40)42-23-38(25-58-48(42)35(3)69-8)37-13-17-62(26-37)39-27-71-28-39/h11-12,22-23,25,29,33-35,37,39-40,44,47,49,51,61H,9-10,13-21,24,26-28,30-32H2,1-8H3,(H,60,66)/t33-,34+,35-,37-,44-,47?,49-,51?/m0/s1. The van der Waals surface area contributed by atoms with E-state index in [-0.39, 0.29) is 53.8 Å². The molecule has 7 aliphatic rings. The van der Waals surface area contributed by atoms with Crippen LogP contribution in [0.4, 0.5) is 0 Å². The molecule has 17 heteroatoms. The Morgan fingerprint density at radius 2 is 1.77 bits per heavy atom. The second-order valence-corrected chi connectivity index (χ2v) is 25.1. The lowest BCUT2D eigenvalue weighted by atomic mass is 9.82. The molecule has 1 aliphatic carbocycles. The van der Waals surface area contributed by atoms with Crippen LogP contribution in [0.1, 0.15) is 120 Å². The highest BCUT2D eigenvalue weighted by molar-refractivity contribution is 7.10. The van der Waals surface area contributed by atoms with Crippen molar-refractivity contribution in [3.8, 4) is 22.5 Å². The molecule has 0 radical (unpaired) electrons. The van der Waals surface area contributed by atoms with E-state index in [9.17, 15) is 9.59 Å². The average molecular weight is 1040 g/mol. The van der Waals surface area contributed by atoms with Crippen molar-refractivity contribution in [1.82, 2.24) is 40.1 Å². The monoisotopic (exact) mass is 1030 g/mol. The summed E-state index contributed by atoms with van der Waals surface area (Å²) in [5.41, 5.74) is 10.9. The molecule has 5 saturated heterocycles. The summed E-state index contributed by atoms with van der Waals surface area (Å²) in [6.07, 6.45) is 6.38. The Hall–Kier alpha value is -4.33. The van der Waals surface area contributed by atoms with Crippen LogP contribution in [0.3, 0.4) is 0 Å². The Labute approximate surface area is 440 Å². The van der Waals surface area contributed by atoms with Gasteiger partial charge in [0.15, 0.2) is 0 Å². The Kier molecular flexibility index (Phi) is 14.6. The number of likely N-dealkylation sites (tertiary alicyclic amines) is 2. The van der Waals surface area contributed by atoms with Crippen molar-refractivity contribution in [2.45, 2.75) is 136 Å². The first kappa shape index (κ1) is 51.8. The summed E-state index contributed by atoms with van der Waals surface area (Å²) in [4.78, 5) is 59.3. The van der Waals surface area contributed by atoms with Gasteiger partial charge in [0.1, 0.15) is 17.1 Å². The van der Waals surface area contributed by atoms with Crippen molar-refractivity contribution in [1.29, 1.82) is 0 Å². The number of amides is 2. The van der Waals surface area contributed by atoms with Crippen LogP contribution in [0.2, 0.25) is 0 Å². The minimum Gasteiger partial charge on any atom is -0.464 e. The van der Waals surface area contributed by atoms with Crippen LogP contribution in [0, 0.1) is 28.6 Å². The highest BCUT2D eigenvalue weighted by atomic mass is 32.1. The molecule has 4 aromatic rings. The molecular formula is C57H78N8O8S. The Balaban J connectivity index is 1.07. The van der Waals surface area contributed by atoms with Gasteiger partial charge in [-0.05, 0) is 104 Å². The molecule has 16 nitrogen and oxygen atoms in total. The summed E-state index contributed by atoms with van der Waals surface area (Å²) in [5.74, 6) is -0.185. The van der Waals surface area contributed by atoms with Crippen LogP contribution in [0.25, 0.3) is 33.4 Å². The molecule has 6 aliphatic heterocycles. The first-order chi connectivity index (χ1) is 35.6. The molecule has 3 aromatic heterocycles. The van der Waals surface area contributed by atoms with E-state index in [4.69, 9.17) is 33.7 Å². The Morgan fingerprint density at radius 1 is 0.986 bits per heavy atom. The van der Waals surface area contributed by atoms with E-state index in [0.717, 1.165) is 108 Å². The maximum atomic E-state index is 15.1. The number of carbonyl (C=O) groups excluding carboxylic acids is 3. The van der Waals surface area contributed by atoms with Crippen LogP contribution in [0.5, 0.6) is 0 Å². The van der Waals surface area contributed by atoms with E-state index >= 15 is 4.79 Å². The molecule has 6 fully saturated rings. The number of rotatable bonds is 12. The summed E-state index contributed by atoms with van der Waals surface area (Å²) in [6.45, 7) is 23.2. The quantitative estimate of drug-likeness (QED) is 0.136. The van der Waals surface area contributed by atoms with E-state index in [1.165, 1.54) is 16.9 Å². The number of nitrogens with one attached hydrogen (secondary N) is 2. The van der Waals surface area contributed by atoms with E-state index in [1.807, 2.05) is 0 Å². The molecule has 2 N–H and O–H groups in total. The van der Waals surface area contributed by atoms with Gasteiger partial charge in [0, 0.05) is 98.0 Å². The van der Waals surface area contributed by atoms with Crippen LogP contribution in [0.15, 0.2) is 35.8 Å². The zero-order chi connectivity index (χ0) is 51.6. The number of methoxy groups -OCH3 is 1. The molecule has 6 bridgehead atoms. The van der Waals surface area contributed by atoms with Gasteiger partial charge in [0.25, 0.3) is 5.91 Å². The van der Waals surface area contributed by atoms with Gasteiger partial charge in [-0.15, -0.1) is 11.3 Å². The van der Waals surface area contributed by atoms with Gasteiger partial charge < -0.3 is 33.6 Å². The number of thiazole rings is 1. The number of fused-ring (bicyclic) bond motifs is 6. The molecule has 9 heterocycles. The van der Waals surface area contributed by atoms with E-state index in [2.05, 4.69) is 109 Å². The predicted molar refractivity (Wildman–Crippen MR) is 283 cm³/mol. The van der Waals surface area contributed by atoms with Gasteiger partial charge in [0.05, 0.1) is 67.8 Å². The number of nitrogens with zero attached hydrogens (tertiary/aromatic N) is 6. The van der Waals surface area contributed by atoms with Gasteiger partial charge in [0.2, 0.25) is 5.91 Å². The van der Waals surface area contributed by atoms with Crippen molar-refractivity contribution in [2.24, 2.45) is 28.6 Å². The van der Waals surface area contributed by atoms with Gasteiger partial charge in [-0.25, -0.2) is 10.4 Å². The summed E-state index contributed by atoms with van der Waals surface area (Å²) >= 11 is 1.54. The first-order valence-corrected chi connectivity index (χ1v) is 28.4. The van der Waals surface area contributed by atoms with Crippen LogP contribution < -0.4 is 10.7 Å². The fourth-order valence-electron chi connectivity index (χ4n) is 12.8. The second kappa shape index (κ2) is 20.9. The topological polar surface area (TPSA) is 162 Å². The van der Waals surface area contributed by atoms with E-state index in [0.29, 0.717) is 64.1 Å². The fourth-order valence-corrected chi connectivity index (χ4v) is 13.8. The number of hydrogen-bond acceptors (Lipinski definition) is 14. The molecule has 1 aromatic carbocycles. The minimum absolute atomic E-state index is 0.0241. The first-order valence-electron chi connectivity index (χ1n) is 27.5. The number of pyridine rings is 1. The van der Waals surface area contributed by atoms with Crippen LogP contribution >= 0.6 is 11.3 Å². The number of hydrogen-bond donors (Lipinski definition) is 2. The smallest absolute Gasteiger partial charge is 0.324 e. The van der Waals surface area contributed by atoms with Gasteiger partial charge in [-0.1, -0.05) is 47.6 Å². The van der Waals surface area contributed by atoms with Gasteiger partial charge in [-0.2, -0.15) is 0 Å². The summed E-state index contributed by atoms with van der Waals surface area (Å²) in [6, 6.07) is 7.31. The number of ether oxygens (including phenoxy) is 5. The number of aromatic nitrogens is 3. The highest BCUT2D eigenvalue weighted by Gasteiger charge is 2.52. The lowest BCUT2D eigenvalue weighted by Crippen LogP contribution is -2.65. The molecule has 2 amide bonds. The summed E-state index contributed by atoms with van der Waals surface area (Å²) < 4.78 is 32.9. The zero-order valence-electron chi connectivity index (χ0n) is 44.8. The molecule has 11 rings (SSSR count). The van der Waals surface area contributed by atoms with Crippen LogP contribution in [-0.2, 0) is 51.0 Å². The molecule has 8 atom stereocenters. The molecule has 1 saturated carbocycles. The molecule has 0 spiro atoms. The Bertz CT molecular complexity index is 2710. The number of cyclic esters (lactones) is 1. The third kappa shape index (κ3) is 10.3. The maximum absolute atomic E-state index is 15.1. The Morgan fingerprint density at radius 3 is 2.49 bits per heavy atom.